The van der Waals surface area contributed by atoms with Gasteiger partial charge in [0.2, 0.25) is 0 Å². The summed E-state index contributed by atoms with van der Waals surface area (Å²) in [5.41, 5.74) is 10.2. The Hall–Kier alpha value is -7.33. The molecule has 6 aromatic carbocycles. The van der Waals surface area contributed by atoms with Crippen LogP contribution in [0.1, 0.15) is 81.1 Å². The van der Waals surface area contributed by atoms with Crippen molar-refractivity contribution in [3.8, 4) is 0 Å². The van der Waals surface area contributed by atoms with Gasteiger partial charge < -0.3 is 45.7 Å². The number of hydrogen-bond donors (Lipinski definition) is 3. The minimum atomic E-state index is -1.15. The molecule has 3 aliphatic heterocycles. The number of carbonyl (C=O) groups is 6. The van der Waals surface area contributed by atoms with Crippen molar-refractivity contribution in [2.45, 2.75) is 38.9 Å². The van der Waals surface area contributed by atoms with E-state index in [2.05, 4.69) is 16.0 Å². The van der Waals surface area contributed by atoms with Crippen LogP contribution in [0.25, 0.3) is 0 Å². The van der Waals surface area contributed by atoms with E-state index in [1.165, 1.54) is 0 Å². The molecule has 61 heavy (non-hydrogen) atoms. The molecule has 0 saturated heterocycles. The fourth-order valence-electron chi connectivity index (χ4n) is 7.32. The van der Waals surface area contributed by atoms with Gasteiger partial charge in [-0.3, -0.25) is 14.4 Å². The molecule has 3 heterocycles. The second-order valence-corrected chi connectivity index (χ2v) is 14.3. The molecule has 12 nitrogen and oxygen atoms in total. The number of nitrogens with one attached hydrogen (secondary N) is 3. The van der Waals surface area contributed by atoms with E-state index in [0.29, 0.717) is 69.7 Å². The first-order chi connectivity index (χ1) is 28.9. The standard InChI is InChI=1S/3C16H13NO3.Al/c3*18-15(19)8-10-5-6-14-13(7-10)16(20)12-4-2-1-3-11(12)9-17-14;/h3*1-7,17H,8-9H2,(H,18,19);/q;;;+3/p-3. The van der Waals surface area contributed by atoms with Gasteiger partial charge in [0.1, 0.15) is 0 Å². The summed E-state index contributed by atoms with van der Waals surface area (Å²) in [7, 11) is 0. The molecule has 6 aromatic rings. The summed E-state index contributed by atoms with van der Waals surface area (Å²) in [4.78, 5) is 69.7. The Labute approximate surface area is 361 Å². The Bertz CT molecular complexity index is 2420. The Morgan fingerprint density at radius 2 is 0.656 bits per heavy atom. The molecule has 0 fully saturated rings. The summed E-state index contributed by atoms with van der Waals surface area (Å²) in [6.45, 7) is 1.73. The van der Waals surface area contributed by atoms with Crippen LogP contribution in [-0.4, -0.2) is 52.6 Å². The first-order valence-electron chi connectivity index (χ1n) is 19.0. The zero-order chi connectivity index (χ0) is 42.3. The number of benzene rings is 6. The summed E-state index contributed by atoms with van der Waals surface area (Å²) in [5, 5.41) is 41.6. The van der Waals surface area contributed by atoms with Crippen molar-refractivity contribution >= 4 is 69.7 Å². The molecule has 0 radical (unpaired) electrons. The van der Waals surface area contributed by atoms with Crippen LogP contribution in [-0.2, 0) is 53.3 Å². The zero-order valence-electron chi connectivity index (χ0n) is 32.6. The van der Waals surface area contributed by atoms with Crippen LogP contribution in [0.4, 0.5) is 17.1 Å². The van der Waals surface area contributed by atoms with Crippen molar-refractivity contribution in [3.63, 3.8) is 0 Å². The van der Waals surface area contributed by atoms with Gasteiger partial charge in [-0.25, -0.2) is 0 Å². The third kappa shape index (κ3) is 10.1. The number of hydrogen-bond acceptors (Lipinski definition) is 12. The van der Waals surface area contributed by atoms with E-state index in [4.69, 9.17) is 0 Å². The van der Waals surface area contributed by atoms with Gasteiger partial charge in [-0.2, -0.15) is 0 Å². The Morgan fingerprint density at radius 3 is 0.918 bits per heavy atom. The minimum Gasteiger partial charge on any atom is -0.550 e. The molecule has 0 aromatic heterocycles. The Kier molecular flexibility index (Phi) is 13.6. The monoisotopic (exact) mass is 825 g/mol. The predicted octanol–water partition coefficient (Wildman–Crippen LogP) is 3.03. The van der Waals surface area contributed by atoms with Crippen molar-refractivity contribution in [1.29, 1.82) is 0 Å². The van der Waals surface area contributed by atoms with Crippen LogP contribution in [0.5, 0.6) is 0 Å². The largest absolute Gasteiger partial charge is 3.00 e. The van der Waals surface area contributed by atoms with Crippen LogP contribution < -0.4 is 31.3 Å². The molecule has 9 rings (SSSR count). The minimum absolute atomic E-state index is 0. The predicted molar refractivity (Wildman–Crippen MR) is 223 cm³/mol. The van der Waals surface area contributed by atoms with E-state index in [1.54, 1.807) is 72.8 Å². The van der Waals surface area contributed by atoms with Crippen molar-refractivity contribution in [2.75, 3.05) is 16.0 Å². The van der Waals surface area contributed by atoms with E-state index < -0.39 is 17.9 Å². The van der Waals surface area contributed by atoms with Crippen LogP contribution in [0, 0.1) is 0 Å². The van der Waals surface area contributed by atoms with Gasteiger partial charge in [0.25, 0.3) is 0 Å². The average Bonchev–Trinajstić information content (AvgIpc) is 3.54. The molecule has 13 heteroatoms. The Morgan fingerprint density at radius 1 is 0.393 bits per heavy atom. The fourth-order valence-corrected chi connectivity index (χ4v) is 7.32. The molecular weight excluding hydrogens is 790 g/mol. The number of carboxylic acids is 3. The molecule has 0 bridgehead atoms. The van der Waals surface area contributed by atoms with E-state index in [0.717, 1.165) is 33.8 Å². The molecular formula is C48H36AlN3O9. The van der Waals surface area contributed by atoms with Crippen molar-refractivity contribution in [2.24, 2.45) is 0 Å². The first kappa shape index (κ1) is 43.3. The number of aliphatic carboxylic acids is 3. The van der Waals surface area contributed by atoms with Crippen LogP contribution in [0.15, 0.2) is 127 Å². The van der Waals surface area contributed by atoms with Gasteiger partial charge in [-0.05, 0) is 69.8 Å². The van der Waals surface area contributed by atoms with E-state index in [-0.39, 0.29) is 54.0 Å². The number of carbonyl (C=O) groups excluding carboxylic acids is 6. The molecule has 3 N–H and O–H groups in total. The molecule has 3 aliphatic rings. The molecule has 0 amide bonds. The van der Waals surface area contributed by atoms with Gasteiger partial charge in [0.05, 0.1) is 0 Å². The third-order valence-electron chi connectivity index (χ3n) is 10.2. The molecule has 0 atom stereocenters. The van der Waals surface area contributed by atoms with Crippen LogP contribution in [0.3, 0.4) is 0 Å². The molecule has 300 valence electrons. The summed E-state index contributed by atoms with van der Waals surface area (Å²) in [6, 6.07) is 37.5. The summed E-state index contributed by atoms with van der Waals surface area (Å²) >= 11 is 0. The number of ketones is 3. The van der Waals surface area contributed by atoms with Crippen LogP contribution in [0.2, 0.25) is 0 Å². The second-order valence-electron chi connectivity index (χ2n) is 14.3. The SMILES string of the molecule is O=C([O-])Cc1ccc2c(c1)C(=O)c1ccccc1CN2.O=C([O-])Cc1ccc2c(c1)C(=O)c1ccccc1CN2.O=C([O-])Cc1ccc2c(c1)C(=O)c1ccccc1CN2.[Al+3]. The topological polar surface area (TPSA) is 208 Å². The van der Waals surface area contributed by atoms with Gasteiger partial charge in [-0.1, -0.05) is 91.0 Å². The molecule has 0 aliphatic carbocycles. The quantitative estimate of drug-likeness (QED) is 0.207. The maximum Gasteiger partial charge on any atom is 3.00 e. The first-order valence-corrected chi connectivity index (χ1v) is 19.0. The average molecular weight is 826 g/mol. The molecule has 0 spiro atoms. The zero-order valence-corrected chi connectivity index (χ0v) is 33.8. The second kappa shape index (κ2) is 19.2. The number of fused-ring (bicyclic) bond motifs is 6. The van der Waals surface area contributed by atoms with E-state index in [1.807, 2.05) is 54.6 Å². The Balaban J connectivity index is 0.000000152. The maximum atomic E-state index is 12.6. The van der Waals surface area contributed by atoms with Crippen molar-refractivity contribution in [1.82, 2.24) is 0 Å². The van der Waals surface area contributed by atoms with E-state index >= 15 is 0 Å². The summed E-state index contributed by atoms with van der Waals surface area (Å²) in [5.74, 6) is -3.71. The fraction of sp³-hybridized carbons (Fsp3) is 0.125. The van der Waals surface area contributed by atoms with Gasteiger partial charge in [0.15, 0.2) is 17.3 Å². The van der Waals surface area contributed by atoms with Gasteiger partial charge in [-0.15, -0.1) is 0 Å². The smallest absolute Gasteiger partial charge is 0.550 e. The van der Waals surface area contributed by atoms with E-state index in [9.17, 15) is 44.1 Å². The molecule has 0 saturated carbocycles. The normalized spacial score (nSPS) is 12.7. The maximum absolute atomic E-state index is 12.6. The van der Waals surface area contributed by atoms with Crippen LogP contribution >= 0.6 is 0 Å². The molecule has 0 unspecified atom stereocenters. The summed E-state index contributed by atoms with van der Waals surface area (Å²) < 4.78 is 0. The number of rotatable bonds is 6. The summed E-state index contributed by atoms with van der Waals surface area (Å²) in [6.07, 6.45) is -0.577. The van der Waals surface area contributed by atoms with Crippen molar-refractivity contribution < 1.29 is 44.1 Å². The number of anilines is 3. The van der Waals surface area contributed by atoms with Crippen molar-refractivity contribution in [3.05, 3.63) is 194 Å². The van der Waals surface area contributed by atoms with Gasteiger partial charge >= 0.3 is 17.4 Å². The third-order valence-corrected chi connectivity index (χ3v) is 10.2. The number of carboxylic acid groups (broad SMARTS) is 3. The van der Waals surface area contributed by atoms with Gasteiger partial charge in [0, 0.05) is 107 Å².